The van der Waals surface area contributed by atoms with E-state index < -0.39 is 17.3 Å². The summed E-state index contributed by atoms with van der Waals surface area (Å²) in [5.74, 6) is -1.64. The Morgan fingerprint density at radius 1 is 1.43 bits per heavy atom. The lowest BCUT2D eigenvalue weighted by Crippen LogP contribution is -2.40. The Labute approximate surface area is 127 Å². The van der Waals surface area contributed by atoms with Crippen LogP contribution in [0.3, 0.4) is 0 Å². The van der Waals surface area contributed by atoms with Gasteiger partial charge in [-0.05, 0) is 48.9 Å². The van der Waals surface area contributed by atoms with Crippen LogP contribution in [0.5, 0.6) is 0 Å². The molecule has 2 aliphatic rings. The highest BCUT2D eigenvalue weighted by atomic mass is 35.5. The van der Waals surface area contributed by atoms with Crippen molar-refractivity contribution in [3.05, 3.63) is 34.1 Å². The maximum atomic E-state index is 14.3. The lowest BCUT2D eigenvalue weighted by atomic mass is 9.66. The van der Waals surface area contributed by atoms with Crippen LogP contribution in [0.2, 0.25) is 5.02 Å². The van der Waals surface area contributed by atoms with Gasteiger partial charge in [-0.1, -0.05) is 11.6 Å². The number of halogens is 2. The Morgan fingerprint density at radius 3 is 2.86 bits per heavy atom. The second kappa shape index (κ2) is 5.09. The molecule has 1 saturated carbocycles. The number of fused-ring (bicyclic) bond motifs is 2. The number of carbonyl (C=O) groups is 2. The molecule has 2 unspecified atom stereocenters. The lowest BCUT2D eigenvalue weighted by Gasteiger charge is -2.36. The van der Waals surface area contributed by atoms with Gasteiger partial charge in [0.1, 0.15) is 17.5 Å². The molecular formula is C16H16ClFO3. The number of rotatable bonds is 1. The van der Waals surface area contributed by atoms with Crippen LogP contribution in [-0.4, -0.2) is 18.9 Å². The molecule has 1 spiro atoms. The van der Waals surface area contributed by atoms with Crippen molar-refractivity contribution in [2.45, 2.75) is 37.5 Å². The first-order chi connectivity index (χ1) is 9.98. The van der Waals surface area contributed by atoms with E-state index in [0.29, 0.717) is 36.3 Å². The number of esters is 1. The highest BCUT2D eigenvalue weighted by Gasteiger charge is 2.48. The topological polar surface area (TPSA) is 43.4 Å². The fourth-order valence-corrected chi connectivity index (χ4v) is 4.10. The summed E-state index contributed by atoms with van der Waals surface area (Å²) in [4.78, 5) is 23.9. The zero-order valence-electron chi connectivity index (χ0n) is 11.7. The largest absolute Gasteiger partial charge is 0.468 e. The minimum absolute atomic E-state index is 0.152. The van der Waals surface area contributed by atoms with Gasteiger partial charge in [-0.25, -0.2) is 4.39 Å². The first-order valence-electron chi connectivity index (χ1n) is 7.06. The fraction of sp³-hybridized carbons (Fsp3) is 0.500. The number of methoxy groups -OCH3 is 1. The van der Waals surface area contributed by atoms with E-state index in [0.717, 1.165) is 5.56 Å². The Balaban J connectivity index is 1.96. The first kappa shape index (κ1) is 14.5. The van der Waals surface area contributed by atoms with Crippen LogP contribution in [-0.2, 0) is 26.2 Å². The molecule has 3 nitrogen and oxygen atoms in total. The number of hydrogen-bond donors (Lipinski definition) is 0. The molecule has 0 heterocycles. The molecule has 0 amide bonds. The van der Waals surface area contributed by atoms with Crippen molar-refractivity contribution in [1.29, 1.82) is 0 Å². The van der Waals surface area contributed by atoms with Crippen molar-refractivity contribution in [2.75, 3.05) is 7.11 Å². The van der Waals surface area contributed by atoms with Gasteiger partial charge >= 0.3 is 5.97 Å². The van der Waals surface area contributed by atoms with Gasteiger partial charge in [0.15, 0.2) is 0 Å². The van der Waals surface area contributed by atoms with Crippen LogP contribution in [0.4, 0.5) is 4.39 Å². The molecule has 0 aromatic heterocycles. The molecule has 5 heteroatoms. The van der Waals surface area contributed by atoms with Crippen molar-refractivity contribution < 1.29 is 18.7 Å². The number of carbonyl (C=O) groups excluding carboxylic acids is 2. The van der Waals surface area contributed by atoms with E-state index in [2.05, 4.69) is 4.74 Å². The second-order valence-electron chi connectivity index (χ2n) is 5.92. The Morgan fingerprint density at radius 2 is 2.19 bits per heavy atom. The Bertz CT molecular complexity index is 628. The zero-order valence-corrected chi connectivity index (χ0v) is 12.5. The molecule has 0 aliphatic heterocycles. The minimum Gasteiger partial charge on any atom is -0.468 e. The molecule has 1 aromatic rings. The monoisotopic (exact) mass is 310 g/mol. The van der Waals surface area contributed by atoms with Gasteiger partial charge in [-0.2, -0.15) is 0 Å². The van der Waals surface area contributed by atoms with Gasteiger partial charge in [0.25, 0.3) is 0 Å². The molecular weight excluding hydrogens is 295 g/mol. The Hall–Kier alpha value is -1.42. The van der Waals surface area contributed by atoms with Crippen molar-refractivity contribution in [1.82, 2.24) is 0 Å². The third kappa shape index (κ3) is 2.16. The predicted molar refractivity (Wildman–Crippen MR) is 75.8 cm³/mol. The molecule has 2 atom stereocenters. The van der Waals surface area contributed by atoms with E-state index in [1.54, 1.807) is 6.07 Å². The van der Waals surface area contributed by atoms with Gasteiger partial charge in [0.05, 0.1) is 7.11 Å². The second-order valence-corrected chi connectivity index (χ2v) is 6.33. The van der Waals surface area contributed by atoms with Crippen LogP contribution >= 0.6 is 11.6 Å². The Kier molecular flexibility index (Phi) is 3.52. The maximum Gasteiger partial charge on any atom is 0.316 e. The van der Waals surface area contributed by atoms with E-state index in [4.69, 9.17) is 11.6 Å². The van der Waals surface area contributed by atoms with E-state index in [1.807, 2.05) is 0 Å². The number of benzene rings is 1. The smallest absolute Gasteiger partial charge is 0.316 e. The summed E-state index contributed by atoms with van der Waals surface area (Å²) < 4.78 is 19.0. The van der Waals surface area contributed by atoms with Crippen molar-refractivity contribution in [2.24, 2.45) is 5.92 Å². The third-order valence-electron chi connectivity index (χ3n) is 4.89. The van der Waals surface area contributed by atoms with E-state index in [9.17, 15) is 14.0 Å². The first-order valence-corrected chi connectivity index (χ1v) is 7.44. The number of hydrogen-bond acceptors (Lipinski definition) is 3. The van der Waals surface area contributed by atoms with Crippen molar-refractivity contribution in [3.63, 3.8) is 0 Å². The normalized spacial score (nSPS) is 27.8. The molecule has 0 radical (unpaired) electrons. The summed E-state index contributed by atoms with van der Waals surface area (Å²) in [6, 6.07) is 2.93. The van der Waals surface area contributed by atoms with Gasteiger partial charge in [-0.15, -0.1) is 0 Å². The van der Waals surface area contributed by atoms with Crippen LogP contribution in [0.25, 0.3) is 0 Å². The van der Waals surface area contributed by atoms with Gasteiger partial charge in [0.2, 0.25) is 0 Å². The summed E-state index contributed by atoms with van der Waals surface area (Å²) in [7, 11) is 1.28. The molecule has 21 heavy (non-hydrogen) atoms. The van der Waals surface area contributed by atoms with Crippen LogP contribution in [0.15, 0.2) is 12.1 Å². The summed E-state index contributed by atoms with van der Waals surface area (Å²) in [6.45, 7) is 0. The van der Waals surface area contributed by atoms with E-state index in [1.165, 1.54) is 13.2 Å². The van der Waals surface area contributed by atoms with E-state index >= 15 is 0 Å². The molecule has 0 bridgehead atoms. The fourth-order valence-electron chi connectivity index (χ4n) is 3.85. The molecule has 0 saturated heterocycles. The SMILES string of the molecule is COC(=O)C1CCC2(CCc3c(Cl)ccc(F)c32)CC1=O. The number of Topliss-reactive ketones (excluding diaryl/α,β-unsaturated/α-hetero) is 1. The quantitative estimate of drug-likeness (QED) is 0.591. The van der Waals surface area contributed by atoms with Crippen molar-refractivity contribution >= 4 is 23.4 Å². The van der Waals surface area contributed by atoms with Gasteiger partial charge < -0.3 is 4.74 Å². The average Bonchev–Trinajstić information content (AvgIpc) is 2.83. The van der Waals surface area contributed by atoms with Crippen molar-refractivity contribution in [3.8, 4) is 0 Å². The summed E-state index contributed by atoms with van der Waals surface area (Å²) in [6.07, 6.45) is 2.61. The lowest BCUT2D eigenvalue weighted by molar-refractivity contribution is -0.151. The maximum absolute atomic E-state index is 14.3. The average molecular weight is 311 g/mol. The molecule has 112 valence electrons. The predicted octanol–water partition coefficient (Wildman–Crippen LogP) is 3.21. The highest BCUT2D eigenvalue weighted by Crippen LogP contribution is 2.51. The van der Waals surface area contributed by atoms with Crippen LogP contribution < -0.4 is 0 Å². The van der Waals surface area contributed by atoms with E-state index in [-0.39, 0.29) is 18.0 Å². The summed E-state index contributed by atoms with van der Waals surface area (Å²) >= 11 is 6.16. The highest BCUT2D eigenvalue weighted by molar-refractivity contribution is 6.31. The number of ether oxygens (including phenoxy) is 1. The summed E-state index contributed by atoms with van der Waals surface area (Å²) in [5.41, 5.74) is 0.916. The summed E-state index contributed by atoms with van der Waals surface area (Å²) in [5, 5.41) is 0.561. The van der Waals surface area contributed by atoms with Gasteiger partial charge in [0, 0.05) is 16.9 Å². The molecule has 2 aliphatic carbocycles. The standard InChI is InChI=1S/C16H16ClFO3/c1-21-15(20)10-5-7-16(8-13(10)19)6-4-9-11(17)2-3-12(18)14(9)16/h2-3,10H,4-8H2,1H3. The minimum atomic E-state index is -0.702. The molecule has 3 rings (SSSR count). The van der Waals surface area contributed by atoms with Gasteiger partial charge in [-0.3, -0.25) is 9.59 Å². The molecule has 1 aromatic carbocycles. The third-order valence-corrected chi connectivity index (χ3v) is 5.24. The number of ketones is 1. The van der Waals surface area contributed by atoms with Crippen LogP contribution in [0.1, 0.15) is 36.8 Å². The zero-order chi connectivity index (χ0) is 15.2. The molecule has 1 fully saturated rings. The molecule has 0 N–H and O–H groups in total. The van der Waals surface area contributed by atoms with Crippen LogP contribution in [0, 0.1) is 11.7 Å².